The fourth-order valence-electron chi connectivity index (χ4n) is 2.32. The summed E-state index contributed by atoms with van der Waals surface area (Å²) in [7, 11) is 0. The third-order valence-electron chi connectivity index (χ3n) is 3.37. The third-order valence-corrected chi connectivity index (χ3v) is 3.61. The Morgan fingerprint density at radius 1 is 1.05 bits per heavy atom. The van der Waals surface area contributed by atoms with Crippen molar-refractivity contribution in [3.05, 3.63) is 64.7 Å². The summed E-state index contributed by atoms with van der Waals surface area (Å²) < 4.78 is 5.57. The van der Waals surface area contributed by atoms with E-state index in [2.05, 4.69) is 12.1 Å². The SMILES string of the molecule is NCCOc1cccc(C(CN)Cc2cccc(Cl)c2)c1. The Labute approximate surface area is 130 Å². The molecule has 0 heterocycles. The molecule has 112 valence electrons. The van der Waals surface area contributed by atoms with Gasteiger partial charge < -0.3 is 16.2 Å². The minimum Gasteiger partial charge on any atom is -0.492 e. The number of halogens is 1. The molecule has 0 aliphatic rings. The molecule has 2 aromatic rings. The van der Waals surface area contributed by atoms with Crippen LogP contribution in [0.15, 0.2) is 48.5 Å². The molecule has 2 rings (SSSR count). The Morgan fingerprint density at radius 2 is 1.86 bits per heavy atom. The highest BCUT2D eigenvalue weighted by Crippen LogP contribution is 2.24. The van der Waals surface area contributed by atoms with E-state index in [9.17, 15) is 0 Å². The molecular formula is C17H21ClN2O. The van der Waals surface area contributed by atoms with E-state index in [1.54, 1.807) is 0 Å². The van der Waals surface area contributed by atoms with Gasteiger partial charge in [0.1, 0.15) is 12.4 Å². The van der Waals surface area contributed by atoms with Gasteiger partial charge >= 0.3 is 0 Å². The van der Waals surface area contributed by atoms with Crippen LogP contribution < -0.4 is 16.2 Å². The minimum absolute atomic E-state index is 0.241. The molecule has 0 bridgehead atoms. The first-order valence-electron chi connectivity index (χ1n) is 7.10. The lowest BCUT2D eigenvalue weighted by molar-refractivity contribution is 0.328. The van der Waals surface area contributed by atoms with E-state index < -0.39 is 0 Å². The van der Waals surface area contributed by atoms with Crippen LogP contribution in [0.2, 0.25) is 5.02 Å². The first-order chi connectivity index (χ1) is 10.2. The van der Waals surface area contributed by atoms with Crippen molar-refractivity contribution < 1.29 is 4.74 Å². The zero-order chi connectivity index (χ0) is 15.1. The van der Waals surface area contributed by atoms with Crippen molar-refractivity contribution in [2.45, 2.75) is 12.3 Å². The number of hydrogen-bond acceptors (Lipinski definition) is 3. The summed E-state index contributed by atoms with van der Waals surface area (Å²) in [6.45, 7) is 1.60. The molecule has 21 heavy (non-hydrogen) atoms. The highest BCUT2D eigenvalue weighted by Gasteiger charge is 2.12. The second-order valence-corrected chi connectivity index (χ2v) is 5.41. The number of nitrogens with two attached hydrogens (primary N) is 2. The second kappa shape index (κ2) is 8.03. The predicted molar refractivity (Wildman–Crippen MR) is 87.9 cm³/mol. The van der Waals surface area contributed by atoms with E-state index in [-0.39, 0.29) is 5.92 Å². The van der Waals surface area contributed by atoms with Crippen LogP contribution in [-0.2, 0) is 6.42 Å². The molecule has 0 aliphatic carbocycles. The van der Waals surface area contributed by atoms with Gasteiger partial charge in [0.2, 0.25) is 0 Å². The van der Waals surface area contributed by atoms with E-state index in [1.807, 2.05) is 36.4 Å². The fraction of sp³-hybridized carbons (Fsp3) is 0.294. The number of hydrogen-bond donors (Lipinski definition) is 2. The van der Waals surface area contributed by atoms with E-state index in [0.717, 1.165) is 17.2 Å². The van der Waals surface area contributed by atoms with Gasteiger partial charge in [-0.3, -0.25) is 0 Å². The molecule has 0 fully saturated rings. The maximum atomic E-state index is 6.04. The normalized spacial score (nSPS) is 12.1. The Balaban J connectivity index is 2.13. The minimum atomic E-state index is 0.241. The molecule has 0 saturated heterocycles. The lowest BCUT2D eigenvalue weighted by atomic mass is 9.92. The molecular weight excluding hydrogens is 284 g/mol. The van der Waals surface area contributed by atoms with Crippen molar-refractivity contribution in [2.24, 2.45) is 11.5 Å². The van der Waals surface area contributed by atoms with Crippen LogP contribution >= 0.6 is 11.6 Å². The summed E-state index contributed by atoms with van der Waals surface area (Å²) in [5.41, 5.74) is 13.8. The molecule has 0 amide bonds. The van der Waals surface area contributed by atoms with Crippen molar-refractivity contribution in [2.75, 3.05) is 19.7 Å². The molecule has 4 heteroatoms. The van der Waals surface area contributed by atoms with Crippen LogP contribution in [0.1, 0.15) is 17.0 Å². The van der Waals surface area contributed by atoms with Crippen molar-refractivity contribution in [3.8, 4) is 5.75 Å². The molecule has 3 nitrogen and oxygen atoms in total. The van der Waals surface area contributed by atoms with Gasteiger partial charge in [0.15, 0.2) is 0 Å². The van der Waals surface area contributed by atoms with E-state index >= 15 is 0 Å². The van der Waals surface area contributed by atoms with Gasteiger partial charge in [-0.05, 0) is 48.4 Å². The molecule has 0 aliphatic heterocycles. The average Bonchev–Trinajstić information content (AvgIpc) is 2.51. The van der Waals surface area contributed by atoms with Crippen LogP contribution in [0, 0.1) is 0 Å². The molecule has 1 atom stereocenters. The smallest absolute Gasteiger partial charge is 0.119 e. The van der Waals surface area contributed by atoms with E-state index in [1.165, 1.54) is 11.1 Å². The fourth-order valence-corrected chi connectivity index (χ4v) is 2.53. The summed E-state index contributed by atoms with van der Waals surface area (Å²) in [6.07, 6.45) is 0.859. The lowest BCUT2D eigenvalue weighted by Crippen LogP contribution is -2.15. The molecule has 0 radical (unpaired) electrons. The molecule has 0 spiro atoms. The third kappa shape index (κ3) is 4.74. The van der Waals surface area contributed by atoms with Crippen LogP contribution in [-0.4, -0.2) is 19.7 Å². The predicted octanol–water partition coefficient (Wildman–Crippen LogP) is 2.96. The standard InChI is InChI=1S/C17H21ClN2O/c18-16-5-1-3-13(10-16)9-15(12-20)14-4-2-6-17(11-14)21-8-7-19/h1-6,10-11,15H,7-9,12,19-20H2. The summed E-state index contributed by atoms with van der Waals surface area (Å²) in [6, 6.07) is 15.9. The van der Waals surface area contributed by atoms with Gasteiger partial charge in [-0.2, -0.15) is 0 Å². The molecule has 4 N–H and O–H groups in total. The van der Waals surface area contributed by atoms with Crippen molar-refractivity contribution in [1.29, 1.82) is 0 Å². The molecule has 0 saturated carbocycles. The maximum absolute atomic E-state index is 6.04. The second-order valence-electron chi connectivity index (χ2n) is 4.98. The van der Waals surface area contributed by atoms with E-state index in [4.69, 9.17) is 27.8 Å². The number of benzene rings is 2. The lowest BCUT2D eigenvalue weighted by Gasteiger charge is -2.17. The van der Waals surface area contributed by atoms with Crippen molar-refractivity contribution >= 4 is 11.6 Å². The first-order valence-corrected chi connectivity index (χ1v) is 7.48. The van der Waals surface area contributed by atoms with Crippen molar-refractivity contribution in [3.63, 3.8) is 0 Å². The Bertz CT molecular complexity index is 574. The van der Waals surface area contributed by atoms with Gasteiger partial charge in [0.05, 0.1) is 0 Å². The largest absolute Gasteiger partial charge is 0.492 e. The van der Waals surface area contributed by atoms with Crippen LogP contribution in [0.25, 0.3) is 0 Å². The zero-order valence-electron chi connectivity index (χ0n) is 12.0. The van der Waals surface area contributed by atoms with Gasteiger partial charge in [-0.1, -0.05) is 35.9 Å². The number of ether oxygens (including phenoxy) is 1. The van der Waals surface area contributed by atoms with Crippen LogP contribution in [0.3, 0.4) is 0 Å². The molecule has 1 unspecified atom stereocenters. The molecule has 2 aromatic carbocycles. The monoisotopic (exact) mass is 304 g/mol. The summed E-state index contributed by atoms with van der Waals surface area (Å²) in [5.74, 6) is 1.08. The highest BCUT2D eigenvalue weighted by molar-refractivity contribution is 6.30. The summed E-state index contributed by atoms with van der Waals surface area (Å²) in [5, 5.41) is 0.753. The first kappa shape index (κ1) is 15.8. The topological polar surface area (TPSA) is 61.3 Å². The molecule has 0 aromatic heterocycles. The van der Waals surface area contributed by atoms with Crippen LogP contribution in [0.4, 0.5) is 0 Å². The Hall–Kier alpha value is -1.55. The van der Waals surface area contributed by atoms with Gasteiger partial charge in [0.25, 0.3) is 0 Å². The Morgan fingerprint density at radius 3 is 2.57 bits per heavy atom. The Kier molecular flexibility index (Phi) is 6.05. The zero-order valence-corrected chi connectivity index (χ0v) is 12.7. The highest BCUT2D eigenvalue weighted by atomic mass is 35.5. The van der Waals surface area contributed by atoms with Crippen molar-refractivity contribution in [1.82, 2.24) is 0 Å². The quantitative estimate of drug-likeness (QED) is 0.826. The van der Waals surface area contributed by atoms with Crippen LogP contribution in [0.5, 0.6) is 5.75 Å². The summed E-state index contributed by atoms with van der Waals surface area (Å²) in [4.78, 5) is 0. The average molecular weight is 305 g/mol. The van der Waals surface area contributed by atoms with Gasteiger partial charge in [0, 0.05) is 17.5 Å². The number of rotatable bonds is 7. The van der Waals surface area contributed by atoms with Gasteiger partial charge in [-0.25, -0.2) is 0 Å². The summed E-state index contributed by atoms with van der Waals surface area (Å²) >= 11 is 6.04. The van der Waals surface area contributed by atoms with E-state index in [0.29, 0.717) is 19.7 Å². The maximum Gasteiger partial charge on any atom is 0.119 e. The van der Waals surface area contributed by atoms with Gasteiger partial charge in [-0.15, -0.1) is 0 Å².